The summed E-state index contributed by atoms with van der Waals surface area (Å²) in [6.07, 6.45) is 0. The maximum atomic E-state index is 12.2. The second-order valence-electron chi connectivity index (χ2n) is 7.31. The Balaban J connectivity index is 1.88. The zero-order valence-electron chi connectivity index (χ0n) is 15.7. The van der Waals surface area contributed by atoms with E-state index in [1.807, 2.05) is 20.8 Å². The van der Waals surface area contributed by atoms with Gasteiger partial charge in [-0.3, -0.25) is 9.59 Å². The number of carbonyl (C=O) groups excluding carboxylic acids is 2. The van der Waals surface area contributed by atoms with Crippen LogP contribution in [0.25, 0.3) is 0 Å². The van der Waals surface area contributed by atoms with Gasteiger partial charge in [-0.05, 0) is 35.4 Å². The number of hydrogen-bond acceptors (Lipinski definition) is 3. The molecule has 0 aliphatic heterocycles. The van der Waals surface area contributed by atoms with Crippen molar-refractivity contribution in [1.29, 1.82) is 0 Å². The van der Waals surface area contributed by atoms with E-state index >= 15 is 0 Å². The predicted molar refractivity (Wildman–Crippen MR) is 102 cm³/mol. The molecule has 142 valence electrons. The fourth-order valence-corrected chi connectivity index (χ4v) is 2.27. The molecule has 2 aromatic carbocycles. The van der Waals surface area contributed by atoms with Crippen molar-refractivity contribution in [3.63, 3.8) is 0 Å². The van der Waals surface area contributed by atoms with E-state index in [2.05, 4.69) is 10.6 Å². The van der Waals surface area contributed by atoms with Crippen molar-refractivity contribution in [2.24, 2.45) is 5.41 Å². The van der Waals surface area contributed by atoms with Gasteiger partial charge in [-0.1, -0.05) is 45.0 Å². The fraction of sp³-hybridized carbons (Fsp3) is 0.286. The number of carbonyl (C=O) groups is 3. The molecule has 0 saturated carbocycles. The minimum atomic E-state index is -0.982. The average molecular weight is 368 g/mol. The molecule has 0 bridgehead atoms. The van der Waals surface area contributed by atoms with Gasteiger partial charge in [0.2, 0.25) is 5.91 Å². The van der Waals surface area contributed by atoms with Crippen LogP contribution in [0.3, 0.4) is 0 Å². The highest BCUT2D eigenvalue weighted by Crippen LogP contribution is 2.13. The van der Waals surface area contributed by atoms with Gasteiger partial charge < -0.3 is 15.7 Å². The molecule has 0 atom stereocenters. The zero-order chi connectivity index (χ0) is 20.0. The van der Waals surface area contributed by atoms with E-state index < -0.39 is 11.4 Å². The van der Waals surface area contributed by atoms with Crippen LogP contribution in [0, 0.1) is 5.41 Å². The summed E-state index contributed by atoms with van der Waals surface area (Å²) < 4.78 is 0. The molecule has 2 amide bonds. The maximum absolute atomic E-state index is 12.2. The summed E-state index contributed by atoms with van der Waals surface area (Å²) in [7, 11) is 0. The van der Waals surface area contributed by atoms with E-state index in [0.717, 1.165) is 11.1 Å². The summed E-state index contributed by atoms with van der Waals surface area (Å²) in [6.45, 7) is 6.27. The lowest BCUT2D eigenvalue weighted by Gasteiger charge is -2.17. The van der Waals surface area contributed by atoms with E-state index in [1.165, 1.54) is 12.1 Å². The van der Waals surface area contributed by atoms with Gasteiger partial charge in [0.05, 0.1) is 5.56 Å². The van der Waals surface area contributed by atoms with Gasteiger partial charge in [-0.25, -0.2) is 4.79 Å². The maximum Gasteiger partial charge on any atom is 0.335 e. The normalized spacial score (nSPS) is 10.9. The molecule has 2 rings (SSSR count). The molecule has 0 heterocycles. The topological polar surface area (TPSA) is 95.5 Å². The Kier molecular flexibility index (Phi) is 6.34. The van der Waals surface area contributed by atoms with Gasteiger partial charge in [0.1, 0.15) is 0 Å². The van der Waals surface area contributed by atoms with E-state index in [4.69, 9.17) is 5.11 Å². The molecule has 6 heteroatoms. The first-order valence-corrected chi connectivity index (χ1v) is 8.64. The first-order chi connectivity index (χ1) is 12.7. The molecule has 0 aliphatic rings. The molecular weight excluding hydrogens is 344 g/mol. The number of benzene rings is 2. The molecular formula is C21H24N2O4. The number of rotatable bonds is 6. The van der Waals surface area contributed by atoms with Crippen LogP contribution in [0.4, 0.5) is 0 Å². The van der Waals surface area contributed by atoms with Crippen LogP contribution in [0.5, 0.6) is 0 Å². The standard InChI is InChI=1S/C21H24N2O4/c1-21(2,3)20(27)23-13-15-4-8-16(9-5-15)18(24)22-12-14-6-10-17(11-7-14)19(25)26/h4-11H,12-13H2,1-3H3,(H,22,24)(H,23,27)(H,25,26). The summed E-state index contributed by atoms with van der Waals surface area (Å²) in [6, 6.07) is 13.4. The number of aromatic carboxylic acids is 1. The van der Waals surface area contributed by atoms with E-state index in [9.17, 15) is 14.4 Å². The monoisotopic (exact) mass is 368 g/mol. The largest absolute Gasteiger partial charge is 0.478 e. The Morgan fingerprint density at radius 1 is 0.778 bits per heavy atom. The van der Waals surface area contributed by atoms with E-state index in [-0.39, 0.29) is 17.4 Å². The zero-order valence-corrected chi connectivity index (χ0v) is 15.7. The van der Waals surface area contributed by atoms with Crippen LogP contribution in [0.1, 0.15) is 52.6 Å². The molecule has 0 saturated heterocycles. The van der Waals surface area contributed by atoms with Crippen LogP contribution in [-0.4, -0.2) is 22.9 Å². The van der Waals surface area contributed by atoms with Gasteiger partial charge >= 0.3 is 5.97 Å². The quantitative estimate of drug-likeness (QED) is 0.730. The predicted octanol–water partition coefficient (Wildman–Crippen LogP) is 2.98. The summed E-state index contributed by atoms with van der Waals surface area (Å²) in [5.74, 6) is -1.23. The fourth-order valence-electron chi connectivity index (χ4n) is 2.27. The lowest BCUT2D eigenvalue weighted by atomic mass is 9.95. The number of hydrogen-bond donors (Lipinski definition) is 3. The average Bonchev–Trinajstić information content (AvgIpc) is 2.64. The Hall–Kier alpha value is -3.15. The van der Waals surface area contributed by atoms with Crippen LogP contribution in [-0.2, 0) is 17.9 Å². The molecule has 2 aromatic rings. The molecule has 0 unspecified atom stereocenters. The van der Waals surface area contributed by atoms with Gasteiger partial charge in [-0.15, -0.1) is 0 Å². The Morgan fingerprint density at radius 2 is 1.22 bits per heavy atom. The Morgan fingerprint density at radius 3 is 1.67 bits per heavy atom. The third-order valence-corrected chi connectivity index (χ3v) is 4.00. The second-order valence-corrected chi connectivity index (χ2v) is 7.31. The SMILES string of the molecule is CC(C)(C)C(=O)NCc1ccc(C(=O)NCc2ccc(C(=O)O)cc2)cc1. The van der Waals surface area contributed by atoms with Crippen molar-refractivity contribution < 1.29 is 19.5 Å². The molecule has 0 fully saturated rings. The van der Waals surface area contributed by atoms with Crippen molar-refractivity contribution >= 4 is 17.8 Å². The summed E-state index contributed by atoms with van der Waals surface area (Å²) >= 11 is 0. The molecule has 0 aromatic heterocycles. The lowest BCUT2D eigenvalue weighted by Crippen LogP contribution is -2.34. The first-order valence-electron chi connectivity index (χ1n) is 8.64. The van der Waals surface area contributed by atoms with Crippen molar-refractivity contribution in [1.82, 2.24) is 10.6 Å². The van der Waals surface area contributed by atoms with E-state index in [0.29, 0.717) is 18.7 Å². The Labute approximate surface area is 158 Å². The van der Waals surface area contributed by atoms with Crippen molar-refractivity contribution in [2.75, 3.05) is 0 Å². The minimum Gasteiger partial charge on any atom is -0.478 e. The van der Waals surface area contributed by atoms with Gasteiger partial charge in [0.15, 0.2) is 0 Å². The van der Waals surface area contributed by atoms with Crippen molar-refractivity contribution in [2.45, 2.75) is 33.9 Å². The van der Waals surface area contributed by atoms with Gasteiger partial charge in [0.25, 0.3) is 5.91 Å². The third-order valence-electron chi connectivity index (χ3n) is 4.00. The molecule has 0 radical (unpaired) electrons. The van der Waals surface area contributed by atoms with Crippen LogP contribution in [0.2, 0.25) is 0 Å². The molecule has 0 spiro atoms. The highest BCUT2D eigenvalue weighted by atomic mass is 16.4. The number of amides is 2. The summed E-state index contributed by atoms with van der Waals surface area (Å²) in [5, 5.41) is 14.5. The number of carboxylic acid groups (broad SMARTS) is 1. The molecule has 0 aliphatic carbocycles. The van der Waals surface area contributed by atoms with Gasteiger partial charge in [0, 0.05) is 24.1 Å². The number of carboxylic acids is 1. The summed E-state index contributed by atoms with van der Waals surface area (Å²) in [4.78, 5) is 34.9. The molecule has 6 nitrogen and oxygen atoms in total. The third kappa shape index (κ3) is 5.95. The first kappa shape index (κ1) is 20.2. The van der Waals surface area contributed by atoms with Crippen molar-refractivity contribution in [3.05, 3.63) is 70.8 Å². The highest BCUT2D eigenvalue weighted by Gasteiger charge is 2.20. The molecule has 27 heavy (non-hydrogen) atoms. The Bertz CT molecular complexity index is 819. The second kappa shape index (κ2) is 8.49. The lowest BCUT2D eigenvalue weighted by molar-refractivity contribution is -0.128. The van der Waals surface area contributed by atoms with Crippen LogP contribution >= 0.6 is 0 Å². The molecule has 3 N–H and O–H groups in total. The smallest absolute Gasteiger partial charge is 0.335 e. The van der Waals surface area contributed by atoms with E-state index in [1.54, 1.807) is 36.4 Å². The highest BCUT2D eigenvalue weighted by molar-refractivity contribution is 5.94. The number of nitrogens with one attached hydrogen (secondary N) is 2. The van der Waals surface area contributed by atoms with Crippen LogP contribution < -0.4 is 10.6 Å². The van der Waals surface area contributed by atoms with Crippen LogP contribution in [0.15, 0.2) is 48.5 Å². The summed E-state index contributed by atoms with van der Waals surface area (Å²) in [5.41, 5.74) is 2.01. The minimum absolute atomic E-state index is 0.0294. The van der Waals surface area contributed by atoms with Gasteiger partial charge in [-0.2, -0.15) is 0 Å². The van der Waals surface area contributed by atoms with Crippen molar-refractivity contribution in [3.8, 4) is 0 Å².